The summed E-state index contributed by atoms with van der Waals surface area (Å²) in [5, 5.41) is 3.59. The predicted molar refractivity (Wildman–Crippen MR) is 50.1 cm³/mol. The van der Waals surface area contributed by atoms with Crippen LogP contribution in [0.2, 0.25) is 0 Å². The van der Waals surface area contributed by atoms with Gasteiger partial charge in [0.25, 0.3) is 0 Å². The second-order valence-electron chi connectivity index (χ2n) is 3.64. The normalized spacial score (nSPS) is 28.5. The molecule has 0 unspecified atom stereocenters. The minimum Gasteiger partial charge on any atom is -0.365 e. The van der Waals surface area contributed by atoms with Crippen LogP contribution in [-0.2, 0) is 6.42 Å². The average molecular weight is 164 g/mol. The number of rotatable bonds is 1. The molecular weight excluding hydrogens is 148 g/mol. The second kappa shape index (κ2) is 2.94. The number of hydrogen-bond acceptors (Lipinski definition) is 1. The average Bonchev–Trinajstić information content (AvgIpc) is 2.50. The van der Waals surface area contributed by atoms with E-state index in [9.17, 15) is 0 Å². The van der Waals surface area contributed by atoms with Gasteiger partial charge in [0.05, 0.1) is 0 Å². The van der Waals surface area contributed by atoms with Crippen LogP contribution in [0.1, 0.15) is 37.6 Å². The van der Waals surface area contributed by atoms with Crippen LogP contribution in [0.15, 0.2) is 12.3 Å². The molecular formula is C10H16N2. The van der Waals surface area contributed by atoms with Gasteiger partial charge in [-0.2, -0.15) is 0 Å². The van der Waals surface area contributed by atoms with Gasteiger partial charge >= 0.3 is 0 Å². The zero-order valence-electron chi connectivity index (χ0n) is 7.72. The van der Waals surface area contributed by atoms with E-state index in [0.29, 0.717) is 12.1 Å². The van der Waals surface area contributed by atoms with Gasteiger partial charge in [-0.05, 0) is 25.0 Å². The molecule has 0 spiro atoms. The summed E-state index contributed by atoms with van der Waals surface area (Å²) in [4.78, 5) is 3.31. The van der Waals surface area contributed by atoms with Crippen LogP contribution in [-0.4, -0.2) is 11.0 Å². The standard InChI is InChI=1S/C10H16N2/c1-3-9-8-4-5-11-10(8)6-7(2)12-9/h4-5,7,9,11-12H,3,6H2,1-2H3/t7-,9-/m0/s1. The minimum atomic E-state index is 0.565. The summed E-state index contributed by atoms with van der Waals surface area (Å²) in [6.45, 7) is 4.47. The van der Waals surface area contributed by atoms with Crippen molar-refractivity contribution >= 4 is 0 Å². The fourth-order valence-corrected chi connectivity index (χ4v) is 2.06. The second-order valence-corrected chi connectivity index (χ2v) is 3.64. The van der Waals surface area contributed by atoms with Crippen molar-refractivity contribution in [3.05, 3.63) is 23.5 Å². The quantitative estimate of drug-likeness (QED) is 0.652. The van der Waals surface area contributed by atoms with Crippen LogP contribution in [0.4, 0.5) is 0 Å². The molecule has 2 atom stereocenters. The van der Waals surface area contributed by atoms with Gasteiger partial charge in [0.2, 0.25) is 0 Å². The largest absolute Gasteiger partial charge is 0.365 e. The van der Waals surface area contributed by atoms with Crippen LogP contribution in [0.5, 0.6) is 0 Å². The Morgan fingerprint density at radius 1 is 1.58 bits per heavy atom. The molecule has 0 fully saturated rings. The Morgan fingerprint density at radius 2 is 2.42 bits per heavy atom. The minimum absolute atomic E-state index is 0.565. The molecule has 0 saturated carbocycles. The first kappa shape index (κ1) is 7.87. The lowest BCUT2D eigenvalue weighted by molar-refractivity contribution is 0.412. The Morgan fingerprint density at radius 3 is 3.17 bits per heavy atom. The topological polar surface area (TPSA) is 27.8 Å². The zero-order valence-corrected chi connectivity index (χ0v) is 7.72. The Labute approximate surface area is 73.4 Å². The molecule has 0 aromatic carbocycles. The molecule has 1 aliphatic heterocycles. The molecule has 66 valence electrons. The lowest BCUT2D eigenvalue weighted by Crippen LogP contribution is -2.36. The van der Waals surface area contributed by atoms with Crippen molar-refractivity contribution in [2.45, 2.75) is 38.8 Å². The molecule has 0 amide bonds. The molecule has 2 rings (SSSR count). The number of fused-ring (bicyclic) bond motifs is 1. The van der Waals surface area contributed by atoms with Crippen molar-refractivity contribution in [3.63, 3.8) is 0 Å². The van der Waals surface area contributed by atoms with Crippen molar-refractivity contribution in [1.82, 2.24) is 10.3 Å². The van der Waals surface area contributed by atoms with Crippen molar-refractivity contribution in [2.75, 3.05) is 0 Å². The predicted octanol–water partition coefficient (Wildman–Crippen LogP) is 2.00. The Hall–Kier alpha value is -0.760. The van der Waals surface area contributed by atoms with Crippen LogP contribution in [0, 0.1) is 0 Å². The van der Waals surface area contributed by atoms with E-state index in [2.05, 4.69) is 30.2 Å². The van der Waals surface area contributed by atoms with Gasteiger partial charge in [-0.1, -0.05) is 6.92 Å². The third-order valence-corrected chi connectivity index (χ3v) is 2.65. The lowest BCUT2D eigenvalue weighted by atomic mass is 9.95. The van der Waals surface area contributed by atoms with Crippen LogP contribution >= 0.6 is 0 Å². The maximum atomic E-state index is 3.59. The molecule has 2 nitrogen and oxygen atoms in total. The molecule has 0 radical (unpaired) electrons. The Balaban J connectivity index is 2.31. The Kier molecular flexibility index (Phi) is 1.93. The van der Waals surface area contributed by atoms with Crippen LogP contribution < -0.4 is 5.32 Å². The van der Waals surface area contributed by atoms with Gasteiger partial charge < -0.3 is 10.3 Å². The van der Waals surface area contributed by atoms with Crippen molar-refractivity contribution in [2.24, 2.45) is 0 Å². The smallest absolute Gasteiger partial charge is 0.0337 e. The van der Waals surface area contributed by atoms with E-state index in [-0.39, 0.29) is 0 Å². The first-order valence-corrected chi connectivity index (χ1v) is 4.73. The zero-order chi connectivity index (χ0) is 8.55. The fraction of sp³-hybridized carbons (Fsp3) is 0.600. The third kappa shape index (κ3) is 1.16. The summed E-state index contributed by atoms with van der Waals surface area (Å²) in [5.41, 5.74) is 2.89. The van der Waals surface area contributed by atoms with Crippen LogP contribution in [0.25, 0.3) is 0 Å². The summed E-state index contributed by atoms with van der Waals surface area (Å²) in [6.07, 6.45) is 4.36. The molecule has 2 heteroatoms. The van der Waals surface area contributed by atoms with Crippen molar-refractivity contribution in [1.29, 1.82) is 0 Å². The molecule has 0 bridgehead atoms. The van der Waals surface area contributed by atoms with E-state index in [0.717, 1.165) is 6.42 Å². The first-order valence-electron chi connectivity index (χ1n) is 4.73. The molecule has 1 aromatic rings. The Bertz CT molecular complexity index is 265. The molecule has 0 saturated heterocycles. The highest BCUT2D eigenvalue weighted by Crippen LogP contribution is 2.26. The summed E-state index contributed by atoms with van der Waals surface area (Å²) in [6, 6.07) is 3.37. The van der Waals surface area contributed by atoms with E-state index in [4.69, 9.17) is 0 Å². The lowest BCUT2D eigenvalue weighted by Gasteiger charge is -2.28. The van der Waals surface area contributed by atoms with E-state index in [1.807, 2.05) is 6.20 Å². The SMILES string of the molecule is CC[C@@H]1N[C@@H](C)Cc2[nH]ccc21. The summed E-state index contributed by atoms with van der Waals surface area (Å²) in [5.74, 6) is 0. The van der Waals surface area contributed by atoms with Gasteiger partial charge in [0, 0.05) is 30.4 Å². The summed E-state index contributed by atoms with van der Waals surface area (Å²) < 4.78 is 0. The highest BCUT2D eigenvalue weighted by molar-refractivity contribution is 5.27. The molecule has 2 heterocycles. The maximum absolute atomic E-state index is 3.59. The van der Waals surface area contributed by atoms with Gasteiger partial charge in [-0.3, -0.25) is 0 Å². The van der Waals surface area contributed by atoms with E-state index >= 15 is 0 Å². The van der Waals surface area contributed by atoms with Gasteiger partial charge in [-0.25, -0.2) is 0 Å². The summed E-state index contributed by atoms with van der Waals surface area (Å²) in [7, 11) is 0. The first-order chi connectivity index (χ1) is 5.81. The highest BCUT2D eigenvalue weighted by Gasteiger charge is 2.22. The van der Waals surface area contributed by atoms with Crippen molar-refractivity contribution in [3.8, 4) is 0 Å². The highest BCUT2D eigenvalue weighted by atomic mass is 15.0. The van der Waals surface area contributed by atoms with Crippen LogP contribution in [0.3, 0.4) is 0 Å². The number of hydrogen-bond donors (Lipinski definition) is 2. The number of H-pyrrole nitrogens is 1. The maximum Gasteiger partial charge on any atom is 0.0337 e. The molecule has 1 aliphatic rings. The molecule has 2 N–H and O–H groups in total. The number of nitrogens with one attached hydrogen (secondary N) is 2. The van der Waals surface area contributed by atoms with Gasteiger partial charge in [-0.15, -0.1) is 0 Å². The third-order valence-electron chi connectivity index (χ3n) is 2.65. The molecule has 12 heavy (non-hydrogen) atoms. The fourth-order valence-electron chi connectivity index (χ4n) is 2.06. The molecule has 0 aliphatic carbocycles. The van der Waals surface area contributed by atoms with E-state index in [1.54, 1.807) is 0 Å². The molecule has 1 aromatic heterocycles. The van der Waals surface area contributed by atoms with Gasteiger partial charge in [0.15, 0.2) is 0 Å². The van der Waals surface area contributed by atoms with Gasteiger partial charge in [0.1, 0.15) is 0 Å². The summed E-state index contributed by atoms with van der Waals surface area (Å²) >= 11 is 0. The monoisotopic (exact) mass is 164 g/mol. The van der Waals surface area contributed by atoms with Crippen molar-refractivity contribution < 1.29 is 0 Å². The number of aromatic amines is 1. The number of aromatic nitrogens is 1. The van der Waals surface area contributed by atoms with E-state index in [1.165, 1.54) is 17.7 Å². The van der Waals surface area contributed by atoms with E-state index < -0.39 is 0 Å².